The van der Waals surface area contributed by atoms with Gasteiger partial charge in [-0.2, -0.15) is 11.8 Å². The third kappa shape index (κ3) is 6.02. The molecule has 0 spiro atoms. The zero-order valence-electron chi connectivity index (χ0n) is 4.68. The van der Waals surface area contributed by atoms with Crippen LogP contribution in [0.15, 0.2) is 4.99 Å². The second-order valence-corrected chi connectivity index (χ2v) is 2.28. The molecule has 42 valence electrons. The topological polar surface area (TPSA) is 12.4 Å². The first-order valence-corrected chi connectivity index (χ1v) is 3.72. The van der Waals surface area contributed by atoms with Gasteiger partial charge in [-0.05, 0) is 25.1 Å². The average Bonchev–Trinajstić information content (AvgIpc) is 1.69. The Morgan fingerprint density at radius 3 is 2.86 bits per heavy atom. The summed E-state index contributed by atoms with van der Waals surface area (Å²) in [5, 5.41) is 0. The molecule has 1 nitrogen and oxygen atoms in total. The second-order valence-electron chi connectivity index (χ2n) is 1.29. The van der Waals surface area contributed by atoms with E-state index in [1.165, 1.54) is 12.2 Å². The van der Waals surface area contributed by atoms with Crippen LogP contribution in [-0.2, 0) is 0 Å². The smallest absolute Gasteiger partial charge is 0.0389 e. The van der Waals surface area contributed by atoms with Gasteiger partial charge in [0.05, 0.1) is 0 Å². The fourth-order valence-electron chi connectivity index (χ4n) is 0.321. The Morgan fingerprint density at radius 2 is 2.43 bits per heavy atom. The van der Waals surface area contributed by atoms with Crippen LogP contribution in [0.2, 0.25) is 0 Å². The van der Waals surface area contributed by atoms with Gasteiger partial charge in [-0.1, -0.05) is 0 Å². The first-order chi connectivity index (χ1) is 3.41. The summed E-state index contributed by atoms with van der Waals surface area (Å²) in [6, 6.07) is 0. The van der Waals surface area contributed by atoms with Crippen molar-refractivity contribution >= 4 is 18.5 Å². The fraction of sp³-hybridized carbons (Fsp3) is 0.800. The molecule has 0 rings (SSSR count). The normalized spacial score (nSPS) is 8.71. The highest BCUT2D eigenvalue weighted by Gasteiger charge is 1.78. The van der Waals surface area contributed by atoms with E-state index in [0.717, 1.165) is 6.54 Å². The molecule has 0 aliphatic heterocycles. The molecule has 0 bridgehead atoms. The van der Waals surface area contributed by atoms with Gasteiger partial charge in [0, 0.05) is 6.54 Å². The molecule has 0 saturated carbocycles. The predicted octanol–water partition coefficient (Wildman–Crippen LogP) is 1.44. The van der Waals surface area contributed by atoms with Crippen molar-refractivity contribution in [3.05, 3.63) is 0 Å². The summed E-state index contributed by atoms with van der Waals surface area (Å²) in [5.74, 6) is 1.21. The first-order valence-electron chi connectivity index (χ1n) is 2.33. The maximum Gasteiger partial charge on any atom is 0.0389 e. The highest BCUT2D eigenvalue weighted by Crippen LogP contribution is 1.93. The second kappa shape index (κ2) is 6.02. The molecule has 0 aromatic rings. The van der Waals surface area contributed by atoms with Crippen molar-refractivity contribution in [2.45, 2.75) is 6.42 Å². The Bertz CT molecular complexity index is 45.3. The van der Waals surface area contributed by atoms with Crippen LogP contribution < -0.4 is 0 Å². The molecule has 7 heavy (non-hydrogen) atoms. The van der Waals surface area contributed by atoms with Crippen LogP contribution in [0, 0.1) is 0 Å². The molecule has 0 radical (unpaired) electrons. The molecule has 0 aliphatic carbocycles. The first kappa shape index (κ1) is 7.02. The fourth-order valence-corrected chi connectivity index (χ4v) is 0.738. The van der Waals surface area contributed by atoms with Gasteiger partial charge in [-0.3, -0.25) is 0 Å². The van der Waals surface area contributed by atoms with Gasteiger partial charge < -0.3 is 4.99 Å². The number of thioether (sulfide) groups is 1. The summed E-state index contributed by atoms with van der Waals surface area (Å²) in [7, 11) is 0. The van der Waals surface area contributed by atoms with Gasteiger partial charge in [0.15, 0.2) is 0 Å². The van der Waals surface area contributed by atoms with E-state index in [-0.39, 0.29) is 0 Å². The van der Waals surface area contributed by atoms with Crippen LogP contribution in [-0.4, -0.2) is 25.3 Å². The maximum absolute atomic E-state index is 3.71. The molecule has 0 saturated heterocycles. The van der Waals surface area contributed by atoms with Crippen LogP contribution in [0.1, 0.15) is 6.42 Å². The lowest BCUT2D eigenvalue weighted by Crippen LogP contribution is -1.80. The van der Waals surface area contributed by atoms with E-state index in [1.807, 2.05) is 11.8 Å². The molecule has 0 amide bonds. The molecule has 0 fully saturated rings. The highest BCUT2D eigenvalue weighted by atomic mass is 32.2. The molecule has 0 aromatic heterocycles. The molecule has 0 heterocycles. The Morgan fingerprint density at radius 1 is 1.71 bits per heavy atom. The van der Waals surface area contributed by atoms with Gasteiger partial charge in [0.25, 0.3) is 0 Å². The lowest BCUT2D eigenvalue weighted by atomic mass is 10.5. The van der Waals surface area contributed by atoms with Crippen molar-refractivity contribution in [2.24, 2.45) is 4.99 Å². The Hall–Kier alpha value is 0.0200. The Labute approximate surface area is 49.2 Å². The van der Waals surface area contributed by atoms with Crippen LogP contribution in [0.4, 0.5) is 0 Å². The zero-order valence-corrected chi connectivity index (χ0v) is 5.50. The quantitative estimate of drug-likeness (QED) is 0.401. The lowest BCUT2D eigenvalue weighted by molar-refractivity contribution is 0.952. The maximum atomic E-state index is 3.71. The molecular weight excluding hydrogens is 106 g/mol. The summed E-state index contributed by atoms with van der Waals surface area (Å²) in [6.45, 7) is 4.29. The van der Waals surface area contributed by atoms with Crippen LogP contribution in [0.25, 0.3) is 0 Å². The minimum absolute atomic E-state index is 0.918. The predicted molar refractivity (Wildman–Crippen MR) is 37.4 cm³/mol. The van der Waals surface area contributed by atoms with Crippen LogP contribution in [0.5, 0.6) is 0 Å². The van der Waals surface area contributed by atoms with E-state index in [0.29, 0.717) is 0 Å². The number of nitrogens with zero attached hydrogens (tertiary/aromatic N) is 1. The van der Waals surface area contributed by atoms with E-state index in [2.05, 4.69) is 18.0 Å². The largest absolute Gasteiger partial charge is 0.301 e. The van der Waals surface area contributed by atoms with Crippen molar-refractivity contribution in [2.75, 3.05) is 18.6 Å². The molecule has 0 unspecified atom stereocenters. The molecular formula is C5H11NS. The Balaban J connectivity index is 2.56. The monoisotopic (exact) mass is 117 g/mol. The van der Waals surface area contributed by atoms with E-state index < -0.39 is 0 Å². The number of aliphatic imine (C=N–C) groups is 1. The molecule has 0 N–H and O–H groups in total. The van der Waals surface area contributed by atoms with E-state index in [1.54, 1.807) is 0 Å². The number of hydrogen-bond donors (Lipinski definition) is 0. The summed E-state index contributed by atoms with van der Waals surface area (Å²) in [5.41, 5.74) is 0. The van der Waals surface area contributed by atoms with Gasteiger partial charge in [0.1, 0.15) is 0 Å². The average molecular weight is 117 g/mol. The highest BCUT2D eigenvalue weighted by molar-refractivity contribution is 7.98. The molecule has 0 atom stereocenters. The minimum Gasteiger partial charge on any atom is -0.301 e. The van der Waals surface area contributed by atoms with E-state index >= 15 is 0 Å². The third-order valence-electron chi connectivity index (χ3n) is 0.665. The lowest BCUT2D eigenvalue weighted by Gasteiger charge is -1.88. The van der Waals surface area contributed by atoms with E-state index in [4.69, 9.17) is 0 Å². The summed E-state index contributed by atoms with van der Waals surface area (Å²) >= 11 is 1.85. The van der Waals surface area contributed by atoms with Gasteiger partial charge in [-0.25, -0.2) is 0 Å². The number of rotatable bonds is 4. The third-order valence-corrected chi connectivity index (χ3v) is 1.36. The standard InChI is InChI=1S/C5H11NS/c1-6-4-3-5-7-2/h1,3-5H2,2H3. The molecule has 2 heteroatoms. The zero-order chi connectivity index (χ0) is 5.54. The van der Waals surface area contributed by atoms with Crippen molar-refractivity contribution in [1.82, 2.24) is 0 Å². The Kier molecular flexibility index (Phi) is 6.04. The van der Waals surface area contributed by atoms with Gasteiger partial charge >= 0.3 is 0 Å². The molecule has 0 aromatic carbocycles. The van der Waals surface area contributed by atoms with Crippen LogP contribution in [0.3, 0.4) is 0 Å². The SMILES string of the molecule is C=NCCCSC. The molecule has 0 aliphatic rings. The van der Waals surface area contributed by atoms with Gasteiger partial charge in [-0.15, -0.1) is 0 Å². The van der Waals surface area contributed by atoms with Crippen molar-refractivity contribution in [1.29, 1.82) is 0 Å². The summed E-state index contributed by atoms with van der Waals surface area (Å²) in [6.07, 6.45) is 3.27. The van der Waals surface area contributed by atoms with Crippen molar-refractivity contribution < 1.29 is 0 Å². The minimum atomic E-state index is 0.918. The van der Waals surface area contributed by atoms with Crippen LogP contribution >= 0.6 is 11.8 Å². The van der Waals surface area contributed by atoms with E-state index in [9.17, 15) is 0 Å². The summed E-state index contributed by atoms with van der Waals surface area (Å²) < 4.78 is 0. The van der Waals surface area contributed by atoms with Gasteiger partial charge in [0.2, 0.25) is 0 Å². The summed E-state index contributed by atoms with van der Waals surface area (Å²) in [4.78, 5) is 3.71. The van der Waals surface area contributed by atoms with Crippen molar-refractivity contribution in [3.63, 3.8) is 0 Å². The number of hydrogen-bond acceptors (Lipinski definition) is 2. The van der Waals surface area contributed by atoms with Crippen molar-refractivity contribution in [3.8, 4) is 0 Å².